The molecule has 4 rings (SSSR count). The molecule has 0 unspecified atom stereocenters. The highest BCUT2D eigenvalue weighted by molar-refractivity contribution is 5.97. The van der Waals surface area contributed by atoms with Gasteiger partial charge >= 0.3 is 6.18 Å². The summed E-state index contributed by atoms with van der Waals surface area (Å²) in [5.74, 6) is 0. The van der Waals surface area contributed by atoms with Gasteiger partial charge in [-0.05, 0) is 36.4 Å². The quantitative estimate of drug-likeness (QED) is 0.446. The number of alkyl halides is 3. The van der Waals surface area contributed by atoms with Gasteiger partial charge in [0, 0.05) is 0 Å². The first kappa shape index (κ1) is 14.6. The summed E-state index contributed by atoms with van der Waals surface area (Å²) in [5.41, 5.74) is 2.38. The van der Waals surface area contributed by atoms with Gasteiger partial charge in [0.25, 0.3) is 0 Å². The normalized spacial score (nSPS) is 13.0. The molecule has 1 N–H and O–H groups in total. The van der Waals surface area contributed by atoms with Crippen LogP contribution in [0.15, 0.2) is 72.8 Å². The third-order valence-corrected chi connectivity index (χ3v) is 4.01. The van der Waals surface area contributed by atoms with Crippen molar-refractivity contribution >= 4 is 28.4 Å². The average Bonchev–Trinajstić information content (AvgIpc) is 2.59. The highest BCUT2D eigenvalue weighted by Gasteiger charge is 2.36. The second kappa shape index (κ2) is 5.30. The van der Waals surface area contributed by atoms with Gasteiger partial charge in [0.05, 0.1) is 34.0 Å². The van der Waals surface area contributed by atoms with Crippen LogP contribution in [0, 0.1) is 0 Å². The number of anilines is 5. The fourth-order valence-electron chi connectivity index (χ4n) is 2.99. The molecule has 0 spiro atoms. The SMILES string of the molecule is FC(F)(F)c1ccccc1N1c2ccccc2Nc2ccccc21. The molecule has 24 heavy (non-hydrogen) atoms. The molecular formula is C19H13F3N2. The number of para-hydroxylation sites is 5. The van der Waals surface area contributed by atoms with E-state index in [0.29, 0.717) is 11.4 Å². The van der Waals surface area contributed by atoms with Gasteiger partial charge in [0.2, 0.25) is 0 Å². The van der Waals surface area contributed by atoms with Crippen molar-refractivity contribution in [3.05, 3.63) is 78.4 Å². The minimum absolute atomic E-state index is 0.117. The van der Waals surface area contributed by atoms with E-state index in [-0.39, 0.29) is 5.69 Å². The first-order valence-electron chi connectivity index (χ1n) is 7.47. The molecule has 2 nitrogen and oxygen atoms in total. The summed E-state index contributed by atoms with van der Waals surface area (Å²) in [6, 6.07) is 20.3. The van der Waals surface area contributed by atoms with E-state index in [1.54, 1.807) is 11.0 Å². The van der Waals surface area contributed by atoms with Crippen LogP contribution in [-0.2, 0) is 6.18 Å². The Bertz CT molecular complexity index is 857. The van der Waals surface area contributed by atoms with E-state index >= 15 is 0 Å². The number of rotatable bonds is 1. The molecule has 0 radical (unpaired) electrons. The molecule has 5 heteroatoms. The van der Waals surface area contributed by atoms with E-state index in [1.165, 1.54) is 12.1 Å². The summed E-state index contributed by atoms with van der Waals surface area (Å²) in [6.45, 7) is 0. The first-order valence-corrected chi connectivity index (χ1v) is 7.47. The van der Waals surface area contributed by atoms with E-state index in [2.05, 4.69) is 5.32 Å². The van der Waals surface area contributed by atoms with E-state index in [0.717, 1.165) is 17.4 Å². The van der Waals surface area contributed by atoms with Crippen LogP contribution in [0.4, 0.5) is 41.6 Å². The van der Waals surface area contributed by atoms with Crippen molar-refractivity contribution in [2.45, 2.75) is 6.18 Å². The number of fused-ring (bicyclic) bond motifs is 2. The van der Waals surface area contributed by atoms with E-state index in [9.17, 15) is 13.2 Å². The molecule has 0 atom stereocenters. The van der Waals surface area contributed by atoms with Crippen molar-refractivity contribution in [3.8, 4) is 0 Å². The summed E-state index contributed by atoms with van der Waals surface area (Å²) in [7, 11) is 0. The predicted molar refractivity (Wildman–Crippen MR) is 89.4 cm³/mol. The molecule has 0 amide bonds. The maximum Gasteiger partial charge on any atom is 0.418 e. The molecular weight excluding hydrogens is 313 g/mol. The van der Waals surface area contributed by atoms with Crippen LogP contribution in [0.5, 0.6) is 0 Å². The highest BCUT2D eigenvalue weighted by atomic mass is 19.4. The molecule has 0 bridgehead atoms. The Morgan fingerprint density at radius 2 is 1.08 bits per heavy atom. The number of benzene rings is 3. The minimum Gasteiger partial charge on any atom is -0.352 e. The summed E-state index contributed by atoms with van der Waals surface area (Å²) < 4.78 is 40.5. The Morgan fingerprint density at radius 1 is 0.625 bits per heavy atom. The van der Waals surface area contributed by atoms with Crippen molar-refractivity contribution in [1.29, 1.82) is 0 Å². The smallest absolute Gasteiger partial charge is 0.352 e. The zero-order valence-corrected chi connectivity index (χ0v) is 12.5. The molecule has 3 aromatic rings. The zero-order valence-electron chi connectivity index (χ0n) is 12.5. The summed E-state index contributed by atoms with van der Waals surface area (Å²) in [6.07, 6.45) is -4.43. The van der Waals surface area contributed by atoms with Crippen LogP contribution in [-0.4, -0.2) is 0 Å². The van der Waals surface area contributed by atoms with E-state index in [1.807, 2.05) is 48.5 Å². The van der Waals surface area contributed by atoms with Crippen LogP contribution < -0.4 is 10.2 Å². The number of nitrogens with one attached hydrogen (secondary N) is 1. The second-order valence-corrected chi connectivity index (χ2v) is 5.51. The van der Waals surface area contributed by atoms with Gasteiger partial charge in [0.15, 0.2) is 0 Å². The third kappa shape index (κ3) is 2.29. The lowest BCUT2D eigenvalue weighted by Gasteiger charge is -2.35. The molecule has 1 heterocycles. The van der Waals surface area contributed by atoms with Gasteiger partial charge < -0.3 is 10.2 Å². The summed E-state index contributed by atoms with van der Waals surface area (Å²) in [4.78, 5) is 1.66. The van der Waals surface area contributed by atoms with Crippen LogP contribution in [0.1, 0.15) is 5.56 Å². The van der Waals surface area contributed by atoms with Crippen LogP contribution in [0.25, 0.3) is 0 Å². The number of hydrogen-bond donors (Lipinski definition) is 1. The molecule has 0 aliphatic carbocycles. The lowest BCUT2D eigenvalue weighted by atomic mass is 10.1. The largest absolute Gasteiger partial charge is 0.418 e. The Morgan fingerprint density at radius 3 is 1.62 bits per heavy atom. The molecule has 0 saturated heterocycles. The Balaban J connectivity index is 2.00. The Labute approximate surface area is 137 Å². The Hall–Kier alpha value is -2.95. The maximum absolute atomic E-state index is 13.5. The van der Waals surface area contributed by atoms with E-state index in [4.69, 9.17) is 0 Å². The average molecular weight is 326 g/mol. The van der Waals surface area contributed by atoms with Gasteiger partial charge in [-0.15, -0.1) is 0 Å². The van der Waals surface area contributed by atoms with E-state index < -0.39 is 11.7 Å². The highest BCUT2D eigenvalue weighted by Crippen LogP contribution is 2.50. The van der Waals surface area contributed by atoms with Crippen LogP contribution in [0.3, 0.4) is 0 Å². The molecule has 3 aromatic carbocycles. The fraction of sp³-hybridized carbons (Fsp3) is 0.0526. The number of hydrogen-bond acceptors (Lipinski definition) is 2. The monoisotopic (exact) mass is 326 g/mol. The molecule has 0 aromatic heterocycles. The standard InChI is InChI=1S/C19H13F3N2/c20-19(21,22)13-7-1-4-10-16(13)24-17-11-5-2-8-14(17)23-15-9-3-6-12-18(15)24/h1-12,23H. The van der Waals surface area contributed by atoms with Gasteiger partial charge in [-0.3, -0.25) is 0 Å². The molecule has 1 aliphatic rings. The maximum atomic E-state index is 13.5. The number of halogens is 3. The summed E-state index contributed by atoms with van der Waals surface area (Å²) in [5, 5.41) is 3.28. The van der Waals surface area contributed by atoms with Crippen molar-refractivity contribution in [3.63, 3.8) is 0 Å². The van der Waals surface area contributed by atoms with Crippen molar-refractivity contribution in [2.75, 3.05) is 10.2 Å². The topological polar surface area (TPSA) is 15.3 Å². The zero-order chi connectivity index (χ0) is 16.7. The van der Waals surface area contributed by atoms with Gasteiger partial charge in [-0.1, -0.05) is 36.4 Å². The number of nitrogens with zero attached hydrogens (tertiary/aromatic N) is 1. The fourth-order valence-corrected chi connectivity index (χ4v) is 2.99. The molecule has 120 valence electrons. The van der Waals surface area contributed by atoms with Gasteiger partial charge in [0.1, 0.15) is 0 Å². The predicted octanol–water partition coefficient (Wildman–Crippen LogP) is 6.23. The lowest BCUT2D eigenvalue weighted by Crippen LogP contribution is -2.21. The molecule has 0 fully saturated rings. The lowest BCUT2D eigenvalue weighted by molar-refractivity contribution is -0.137. The first-order chi connectivity index (χ1) is 11.6. The molecule has 0 saturated carbocycles. The molecule has 1 aliphatic heterocycles. The van der Waals surface area contributed by atoms with Crippen molar-refractivity contribution < 1.29 is 13.2 Å². The second-order valence-electron chi connectivity index (χ2n) is 5.51. The van der Waals surface area contributed by atoms with Crippen LogP contribution >= 0.6 is 0 Å². The van der Waals surface area contributed by atoms with Crippen molar-refractivity contribution in [2.24, 2.45) is 0 Å². The minimum atomic E-state index is -4.43. The van der Waals surface area contributed by atoms with Gasteiger partial charge in [-0.2, -0.15) is 13.2 Å². The van der Waals surface area contributed by atoms with Gasteiger partial charge in [-0.25, -0.2) is 0 Å². The van der Waals surface area contributed by atoms with Crippen molar-refractivity contribution in [1.82, 2.24) is 0 Å². The van der Waals surface area contributed by atoms with Crippen LogP contribution in [0.2, 0.25) is 0 Å². The third-order valence-electron chi connectivity index (χ3n) is 4.01. The summed E-state index contributed by atoms with van der Waals surface area (Å²) >= 11 is 0. The Kier molecular flexibility index (Phi) is 3.23.